The number of halogens is 1. The molecular formula is C22H27FN4O. The Morgan fingerprint density at radius 3 is 2.43 bits per heavy atom. The Balaban J connectivity index is 1.50. The van der Waals surface area contributed by atoms with Crippen LogP contribution in [0, 0.1) is 18.7 Å². The van der Waals surface area contributed by atoms with Crippen molar-refractivity contribution in [1.82, 2.24) is 10.6 Å². The predicted molar refractivity (Wildman–Crippen MR) is 111 cm³/mol. The zero-order chi connectivity index (χ0) is 19.9. The Hall–Kier alpha value is -2.89. The molecule has 28 heavy (non-hydrogen) atoms. The number of nitrogens with zero attached hydrogens (tertiary/aromatic N) is 1. The van der Waals surface area contributed by atoms with Gasteiger partial charge in [0.1, 0.15) is 5.82 Å². The van der Waals surface area contributed by atoms with Gasteiger partial charge in [-0.25, -0.2) is 4.39 Å². The molecule has 2 aromatic carbocycles. The van der Waals surface area contributed by atoms with Crippen molar-refractivity contribution in [1.29, 1.82) is 0 Å². The SMILES string of the molecule is CN=C(NCc1cccc(NC(=O)C2CCC2)c1)NCc1ccc(F)c(C)c1. The standard InChI is InChI=1S/C22H27FN4O/c1-15-11-17(9-10-20(15)23)14-26-22(24-2)25-13-16-5-3-8-19(12-16)27-21(28)18-6-4-7-18/h3,5,8-12,18H,4,6-7,13-14H2,1-2H3,(H,27,28)(H2,24,25,26). The Morgan fingerprint density at radius 1 is 1.11 bits per heavy atom. The molecule has 0 heterocycles. The quantitative estimate of drug-likeness (QED) is 0.527. The van der Waals surface area contributed by atoms with Crippen LogP contribution in [0.4, 0.5) is 10.1 Å². The second-order valence-electron chi connectivity index (χ2n) is 7.18. The molecule has 148 valence electrons. The number of aliphatic imine (C=N–C) groups is 1. The molecule has 1 fully saturated rings. The van der Waals surface area contributed by atoms with Crippen LogP contribution in [0.5, 0.6) is 0 Å². The van der Waals surface area contributed by atoms with Crippen LogP contribution < -0.4 is 16.0 Å². The van der Waals surface area contributed by atoms with Crippen molar-refractivity contribution in [3.8, 4) is 0 Å². The van der Waals surface area contributed by atoms with Crippen molar-refractivity contribution in [2.45, 2.75) is 39.3 Å². The van der Waals surface area contributed by atoms with Gasteiger partial charge < -0.3 is 16.0 Å². The fourth-order valence-corrected chi connectivity index (χ4v) is 3.08. The van der Waals surface area contributed by atoms with Crippen molar-refractivity contribution in [2.24, 2.45) is 10.9 Å². The third kappa shape index (κ3) is 5.31. The minimum absolute atomic E-state index is 0.114. The van der Waals surface area contributed by atoms with Gasteiger partial charge >= 0.3 is 0 Å². The number of carbonyl (C=O) groups excluding carboxylic acids is 1. The number of carbonyl (C=O) groups is 1. The number of amides is 1. The maximum absolute atomic E-state index is 13.4. The van der Waals surface area contributed by atoms with Crippen molar-refractivity contribution >= 4 is 17.6 Å². The first-order valence-electron chi connectivity index (χ1n) is 9.64. The maximum atomic E-state index is 13.4. The molecule has 1 aliphatic rings. The van der Waals surface area contributed by atoms with Crippen molar-refractivity contribution in [2.75, 3.05) is 12.4 Å². The van der Waals surface area contributed by atoms with E-state index in [1.165, 1.54) is 6.07 Å². The number of hydrogen-bond donors (Lipinski definition) is 3. The van der Waals surface area contributed by atoms with Crippen molar-refractivity contribution in [3.63, 3.8) is 0 Å². The molecule has 0 aromatic heterocycles. The molecule has 1 saturated carbocycles. The number of hydrogen-bond acceptors (Lipinski definition) is 2. The van der Waals surface area contributed by atoms with E-state index in [-0.39, 0.29) is 17.6 Å². The van der Waals surface area contributed by atoms with Gasteiger partial charge in [0.25, 0.3) is 0 Å². The predicted octanol–water partition coefficient (Wildman–Crippen LogP) is 3.74. The summed E-state index contributed by atoms with van der Waals surface area (Å²) in [6.45, 7) is 2.89. The lowest BCUT2D eigenvalue weighted by Crippen LogP contribution is -2.36. The number of nitrogens with one attached hydrogen (secondary N) is 3. The molecular weight excluding hydrogens is 355 g/mol. The van der Waals surface area contributed by atoms with Gasteiger partial charge in [-0.3, -0.25) is 9.79 Å². The smallest absolute Gasteiger partial charge is 0.227 e. The lowest BCUT2D eigenvalue weighted by Gasteiger charge is -2.24. The average Bonchev–Trinajstić information content (AvgIpc) is 2.63. The van der Waals surface area contributed by atoms with Gasteiger partial charge in [-0.2, -0.15) is 0 Å². The summed E-state index contributed by atoms with van der Waals surface area (Å²) >= 11 is 0. The summed E-state index contributed by atoms with van der Waals surface area (Å²) in [7, 11) is 1.71. The number of anilines is 1. The molecule has 0 atom stereocenters. The van der Waals surface area contributed by atoms with Crippen molar-refractivity contribution in [3.05, 3.63) is 65.0 Å². The van der Waals surface area contributed by atoms with Gasteiger partial charge in [-0.1, -0.05) is 30.7 Å². The van der Waals surface area contributed by atoms with E-state index in [0.717, 1.165) is 36.1 Å². The molecule has 0 bridgehead atoms. The fourth-order valence-electron chi connectivity index (χ4n) is 3.08. The molecule has 1 amide bonds. The van der Waals surface area contributed by atoms with Gasteiger partial charge in [0.05, 0.1) is 0 Å². The van der Waals surface area contributed by atoms with Crippen LogP contribution in [0.2, 0.25) is 0 Å². The molecule has 1 aliphatic carbocycles. The zero-order valence-electron chi connectivity index (χ0n) is 16.4. The van der Waals surface area contributed by atoms with Crippen LogP contribution >= 0.6 is 0 Å². The molecule has 0 aliphatic heterocycles. The largest absolute Gasteiger partial charge is 0.352 e. The number of rotatable bonds is 6. The van der Waals surface area contributed by atoms with Gasteiger partial charge in [-0.15, -0.1) is 0 Å². The molecule has 3 rings (SSSR count). The Morgan fingerprint density at radius 2 is 1.82 bits per heavy atom. The molecule has 5 nitrogen and oxygen atoms in total. The number of benzene rings is 2. The van der Waals surface area contributed by atoms with E-state index in [1.807, 2.05) is 30.3 Å². The molecule has 0 saturated heterocycles. The summed E-state index contributed by atoms with van der Waals surface area (Å²) in [4.78, 5) is 16.3. The first-order chi connectivity index (χ1) is 13.5. The van der Waals surface area contributed by atoms with Crippen LogP contribution in [0.25, 0.3) is 0 Å². The molecule has 2 aromatic rings. The summed E-state index contributed by atoms with van der Waals surface area (Å²) in [5.41, 5.74) is 3.48. The third-order valence-corrected chi connectivity index (χ3v) is 5.04. The summed E-state index contributed by atoms with van der Waals surface area (Å²) in [6.07, 6.45) is 3.12. The van der Waals surface area contributed by atoms with Crippen LogP contribution in [0.1, 0.15) is 36.0 Å². The van der Waals surface area contributed by atoms with E-state index < -0.39 is 0 Å². The molecule has 6 heteroatoms. The Labute approximate surface area is 165 Å². The molecule has 0 unspecified atom stereocenters. The van der Waals surface area contributed by atoms with E-state index in [1.54, 1.807) is 20.0 Å². The first kappa shape index (κ1) is 19.9. The molecule has 0 spiro atoms. The monoisotopic (exact) mass is 382 g/mol. The van der Waals surface area contributed by atoms with Gasteiger partial charge in [0, 0.05) is 31.7 Å². The normalized spacial score (nSPS) is 14.3. The summed E-state index contributed by atoms with van der Waals surface area (Å²) in [5, 5.41) is 9.49. The summed E-state index contributed by atoms with van der Waals surface area (Å²) in [5.74, 6) is 0.741. The van der Waals surface area contributed by atoms with E-state index in [0.29, 0.717) is 24.6 Å². The van der Waals surface area contributed by atoms with E-state index in [4.69, 9.17) is 0 Å². The average molecular weight is 382 g/mol. The number of aryl methyl sites for hydroxylation is 1. The summed E-state index contributed by atoms with van der Waals surface area (Å²) in [6, 6.07) is 12.9. The lowest BCUT2D eigenvalue weighted by atomic mass is 9.85. The molecule has 3 N–H and O–H groups in total. The fraction of sp³-hybridized carbons (Fsp3) is 0.364. The highest BCUT2D eigenvalue weighted by Gasteiger charge is 2.25. The molecule has 0 radical (unpaired) electrons. The maximum Gasteiger partial charge on any atom is 0.227 e. The van der Waals surface area contributed by atoms with Gasteiger partial charge in [0.2, 0.25) is 5.91 Å². The van der Waals surface area contributed by atoms with E-state index in [2.05, 4.69) is 20.9 Å². The second-order valence-corrected chi connectivity index (χ2v) is 7.18. The highest BCUT2D eigenvalue weighted by molar-refractivity contribution is 5.93. The summed E-state index contributed by atoms with van der Waals surface area (Å²) < 4.78 is 13.4. The second kappa shape index (κ2) is 9.35. The van der Waals surface area contributed by atoms with E-state index in [9.17, 15) is 9.18 Å². The Kier molecular flexibility index (Phi) is 6.63. The zero-order valence-corrected chi connectivity index (χ0v) is 16.4. The van der Waals surface area contributed by atoms with Gasteiger partial charge in [-0.05, 0) is 54.7 Å². The van der Waals surface area contributed by atoms with Crippen LogP contribution in [-0.2, 0) is 17.9 Å². The Bertz CT molecular complexity index is 861. The highest BCUT2D eigenvalue weighted by atomic mass is 19.1. The minimum atomic E-state index is -0.199. The van der Waals surface area contributed by atoms with E-state index >= 15 is 0 Å². The highest BCUT2D eigenvalue weighted by Crippen LogP contribution is 2.27. The van der Waals surface area contributed by atoms with Crippen LogP contribution in [0.3, 0.4) is 0 Å². The first-order valence-corrected chi connectivity index (χ1v) is 9.64. The van der Waals surface area contributed by atoms with Crippen molar-refractivity contribution < 1.29 is 9.18 Å². The van der Waals surface area contributed by atoms with Crippen LogP contribution in [0.15, 0.2) is 47.5 Å². The van der Waals surface area contributed by atoms with Gasteiger partial charge in [0.15, 0.2) is 5.96 Å². The van der Waals surface area contributed by atoms with Crippen LogP contribution in [-0.4, -0.2) is 18.9 Å². The third-order valence-electron chi connectivity index (χ3n) is 5.04. The lowest BCUT2D eigenvalue weighted by molar-refractivity contribution is -0.122. The topological polar surface area (TPSA) is 65.5 Å². The number of guanidine groups is 1. The minimum Gasteiger partial charge on any atom is -0.352 e.